The molecule has 1 aliphatic rings. The van der Waals surface area contributed by atoms with E-state index in [1.54, 1.807) is 29.2 Å². The molecule has 0 N–H and O–H groups in total. The van der Waals surface area contributed by atoms with Gasteiger partial charge in [-0.05, 0) is 24.3 Å². The minimum absolute atomic E-state index is 0.0149. The van der Waals surface area contributed by atoms with Gasteiger partial charge >= 0.3 is 0 Å². The smallest absolute Gasteiger partial charge is 0.260 e. The summed E-state index contributed by atoms with van der Waals surface area (Å²) in [4.78, 5) is 14.0. The van der Waals surface area contributed by atoms with Gasteiger partial charge in [-0.3, -0.25) is 4.79 Å². The average molecular weight is 369 g/mol. The molecule has 0 atom stereocenters. The molecular weight excluding hydrogens is 352 g/mol. The number of carbonyl (C=O) groups excluding carboxylic acids is 1. The molecule has 3 aromatic rings. The second-order valence-electron chi connectivity index (χ2n) is 6.14. The zero-order chi connectivity index (χ0) is 17.9. The van der Waals surface area contributed by atoms with Crippen LogP contribution in [0, 0.1) is 0 Å². The lowest BCUT2D eigenvalue weighted by Crippen LogP contribution is -2.52. The maximum atomic E-state index is 12.2. The molecule has 0 spiro atoms. The Bertz CT molecular complexity index is 889. The highest BCUT2D eigenvalue weighted by molar-refractivity contribution is 6.30. The van der Waals surface area contributed by atoms with E-state index in [2.05, 4.69) is 10.3 Å². The number of aromatic nitrogens is 3. The second kappa shape index (κ2) is 7.17. The Kier molecular flexibility index (Phi) is 4.58. The van der Waals surface area contributed by atoms with Gasteiger partial charge in [0.15, 0.2) is 6.61 Å². The van der Waals surface area contributed by atoms with Gasteiger partial charge < -0.3 is 9.64 Å². The Morgan fingerprint density at radius 2 is 1.85 bits per heavy atom. The number of amides is 1. The van der Waals surface area contributed by atoms with Crippen LogP contribution in [0.4, 0.5) is 0 Å². The Morgan fingerprint density at radius 3 is 2.58 bits per heavy atom. The summed E-state index contributed by atoms with van der Waals surface area (Å²) < 4.78 is 7.32. The molecule has 2 aromatic carbocycles. The quantitative estimate of drug-likeness (QED) is 0.694. The third kappa shape index (κ3) is 3.55. The summed E-state index contributed by atoms with van der Waals surface area (Å²) in [5.74, 6) is 0.586. The fourth-order valence-corrected chi connectivity index (χ4v) is 2.92. The average Bonchev–Trinajstić information content (AvgIpc) is 3.10. The van der Waals surface area contributed by atoms with Crippen molar-refractivity contribution in [1.82, 2.24) is 19.9 Å². The fraction of sp³-hybridized carbons (Fsp3) is 0.211. The molecule has 0 aliphatic carbocycles. The van der Waals surface area contributed by atoms with Crippen molar-refractivity contribution in [1.29, 1.82) is 0 Å². The molecular formula is C19H17ClN4O2. The number of benzene rings is 2. The zero-order valence-corrected chi connectivity index (χ0v) is 14.7. The molecule has 1 aromatic heterocycles. The van der Waals surface area contributed by atoms with Crippen LogP contribution in [0.15, 0.2) is 60.8 Å². The Balaban J connectivity index is 1.29. The van der Waals surface area contributed by atoms with E-state index in [4.69, 9.17) is 16.3 Å². The number of carbonyl (C=O) groups is 1. The maximum Gasteiger partial charge on any atom is 0.260 e. The number of hydrogen-bond acceptors (Lipinski definition) is 4. The molecule has 0 saturated carbocycles. The number of ether oxygens (including phenoxy) is 1. The molecule has 4 rings (SSSR count). The van der Waals surface area contributed by atoms with E-state index >= 15 is 0 Å². The van der Waals surface area contributed by atoms with Gasteiger partial charge in [-0.2, -0.15) is 0 Å². The van der Waals surface area contributed by atoms with Crippen molar-refractivity contribution in [2.45, 2.75) is 6.04 Å². The normalized spacial score (nSPS) is 14.1. The van der Waals surface area contributed by atoms with Crippen molar-refractivity contribution in [2.75, 3.05) is 19.7 Å². The SMILES string of the molecule is O=C(COc1ccc(Cl)cc1)N1CC(n2cc(-c3ccccc3)nn2)C1. The van der Waals surface area contributed by atoms with Crippen LogP contribution in [0.5, 0.6) is 5.75 Å². The van der Waals surface area contributed by atoms with Gasteiger partial charge in [0.1, 0.15) is 11.4 Å². The molecule has 1 saturated heterocycles. The van der Waals surface area contributed by atoms with Gasteiger partial charge in [-0.15, -0.1) is 5.10 Å². The highest BCUT2D eigenvalue weighted by Gasteiger charge is 2.32. The number of hydrogen-bond donors (Lipinski definition) is 0. The minimum Gasteiger partial charge on any atom is -0.484 e. The lowest BCUT2D eigenvalue weighted by atomic mass is 10.1. The van der Waals surface area contributed by atoms with Crippen molar-refractivity contribution < 1.29 is 9.53 Å². The summed E-state index contributed by atoms with van der Waals surface area (Å²) in [6.07, 6.45) is 1.92. The summed E-state index contributed by atoms with van der Waals surface area (Å²) in [6, 6.07) is 17.0. The molecule has 1 amide bonds. The molecule has 1 aliphatic heterocycles. The first kappa shape index (κ1) is 16.6. The Hall–Kier alpha value is -2.86. The van der Waals surface area contributed by atoms with E-state index < -0.39 is 0 Å². The molecule has 0 bridgehead atoms. The van der Waals surface area contributed by atoms with Crippen molar-refractivity contribution in [2.24, 2.45) is 0 Å². The van der Waals surface area contributed by atoms with E-state index in [1.807, 2.05) is 41.2 Å². The van der Waals surface area contributed by atoms with Crippen LogP contribution in [0.25, 0.3) is 11.3 Å². The highest BCUT2D eigenvalue weighted by Crippen LogP contribution is 2.23. The molecule has 0 radical (unpaired) electrons. The van der Waals surface area contributed by atoms with Crippen LogP contribution in [0.1, 0.15) is 6.04 Å². The number of likely N-dealkylation sites (tertiary alicyclic amines) is 1. The summed E-state index contributed by atoms with van der Waals surface area (Å²) in [7, 11) is 0. The third-order valence-electron chi connectivity index (χ3n) is 4.34. The first-order valence-corrected chi connectivity index (χ1v) is 8.70. The van der Waals surface area contributed by atoms with Crippen LogP contribution in [-0.4, -0.2) is 45.5 Å². The van der Waals surface area contributed by atoms with Crippen LogP contribution in [-0.2, 0) is 4.79 Å². The van der Waals surface area contributed by atoms with E-state index in [0.717, 1.165) is 11.3 Å². The fourth-order valence-electron chi connectivity index (χ4n) is 2.79. The number of halogens is 1. The van der Waals surface area contributed by atoms with Crippen LogP contribution in [0.3, 0.4) is 0 Å². The highest BCUT2D eigenvalue weighted by atomic mass is 35.5. The first-order valence-electron chi connectivity index (χ1n) is 8.32. The summed E-state index contributed by atoms with van der Waals surface area (Å²) >= 11 is 5.83. The number of nitrogens with zero attached hydrogens (tertiary/aromatic N) is 4. The predicted molar refractivity (Wildman–Crippen MR) is 98.0 cm³/mol. The molecule has 1 fully saturated rings. The van der Waals surface area contributed by atoms with Crippen molar-refractivity contribution in [3.05, 3.63) is 65.8 Å². The monoisotopic (exact) mass is 368 g/mol. The first-order chi connectivity index (χ1) is 12.7. The van der Waals surface area contributed by atoms with Crippen molar-refractivity contribution >= 4 is 17.5 Å². The van der Waals surface area contributed by atoms with Gasteiger partial charge in [0.05, 0.1) is 12.2 Å². The predicted octanol–water partition coefficient (Wildman–Crippen LogP) is 3.06. The minimum atomic E-state index is -0.0420. The van der Waals surface area contributed by atoms with Crippen LogP contribution in [0.2, 0.25) is 5.02 Å². The Labute approximate surface area is 155 Å². The van der Waals surface area contributed by atoms with Gasteiger partial charge in [0.2, 0.25) is 0 Å². The van der Waals surface area contributed by atoms with Gasteiger partial charge in [0, 0.05) is 23.7 Å². The molecule has 6 nitrogen and oxygen atoms in total. The van der Waals surface area contributed by atoms with E-state index in [-0.39, 0.29) is 18.6 Å². The molecule has 7 heteroatoms. The van der Waals surface area contributed by atoms with Gasteiger partial charge in [0.25, 0.3) is 5.91 Å². The summed E-state index contributed by atoms with van der Waals surface area (Å²) in [5, 5.41) is 9.05. The largest absolute Gasteiger partial charge is 0.484 e. The summed E-state index contributed by atoms with van der Waals surface area (Å²) in [6.45, 7) is 1.24. The van der Waals surface area contributed by atoms with Gasteiger partial charge in [-0.25, -0.2) is 4.68 Å². The van der Waals surface area contributed by atoms with E-state index in [9.17, 15) is 4.79 Å². The van der Waals surface area contributed by atoms with Crippen molar-refractivity contribution in [3.8, 4) is 17.0 Å². The second-order valence-corrected chi connectivity index (χ2v) is 6.58. The lowest BCUT2D eigenvalue weighted by molar-refractivity contribution is -0.139. The van der Waals surface area contributed by atoms with Crippen molar-refractivity contribution in [3.63, 3.8) is 0 Å². The van der Waals surface area contributed by atoms with Crippen LogP contribution >= 0.6 is 11.6 Å². The molecule has 26 heavy (non-hydrogen) atoms. The lowest BCUT2D eigenvalue weighted by Gasteiger charge is -2.38. The topological polar surface area (TPSA) is 60.2 Å². The van der Waals surface area contributed by atoms with E-state index in [1.165, 1.54) is 0 Å². The summed E-state index contributed by atoms with van der Waals surface area (Å²) in [5.41, 5.74) is 1.86. The Morgan fingerprint density at radius 1 is 1.12 bits per heavy atom. The zero-order valence-electron chi connectivity index (χ0n) is 14.0. The van der Waals surface area contributed by atoms with Gasteiger partial charge in [-0.1, -0.05) is 47.1 Å². The standard InChI is InChI=1S/C19H17ClN4O2/c20-15-6-8-17(9-7-15)26-13-19(25)23-10-16(11-23)24-12-18(21-22-24)14-4-2-1-3-5-14/h1-9,12,16H,10-11,13H2. The van der Waals surface area contributed by atoms with E-state index in [0.29, 0.717) is 23.9 Å². The number of rotatable bonds is 5. The molecule has 2 heterocycles. The molecule has 0 unspecified atom stereocenters. The maximum absolute atomic E-state index is 12.2. The molecule has 132 valence electrons. The third-order valence-corrected chi connectivity index (χ3v) is 4.60. The van der Waals surface area contributed by atoms with Crippen LogP contribution < -0.4 is 4.74 Å².